The molecule has 2 rings (SSSR count). The molecule has 0 spiro atoms. The second-order valence-corrected chi connectivity index (χ2v) is 10.4. The van der Waals surface area contributed by atoms with Crippen LogP contribution in [0.4, 0.5) is 0 Å². The van der Waals surface area contributed by atoms with Crippen LogP contribution in [0.25, 0.3) is 11.0 Å². The molecule has 2 heterocycles. The number of hydrogen-bond acceptors (Lipinski definition) is 3. The third-order valence-electron chi connectivity index (χ3n) is 3.00. The second-order valence-electron chi connectivity index (χ2n) is 5.36. The van der Waals surface area contributed by atoms with Gasteiger partial charge in [-0.1, -0.05) is 19.6 Å². The van der Waals surface area contributed by atoms with Gasteiger partial charge in [-0.05, 0) is 12.1 Å². The Balaban J connectivity index is 2.84. The molecule has 0 aliphatic carbocycles. The standard InChI is InChI=1S/C13H14N4Si/c1-17-12(18(2,3)4)6-9-5-10(7-14)11(8-15)16-13(9)17/h5-6H,1-4H3. The Bertz CT molecular complexity index is 708. The summed E-state index contributed by atoms with van der Waals surface area (Å²) in [6, 6.07) is 7.85. The van der Waals surface area contributed by atoms with Crippen LogP contribution >= 0.6 is 0 Å². The Morgan fingerprint density at radius 2 is 1.83 bits per heavy atom. The lowest BCUT2D eigenvalue weighted by atomic mass is 10.2. The normalized spacial score (nSPS) is 11.2. The number of aryl methyl sites for hydroxylation is 1. The molecule has 0 fully saturated rings. The van der Waals surface area contributed by atoms with E-state index in [1.54, 1.807) is 6.07 Å². The molecule has 18 heavy (non-hydrogen) atoms. The molecule has 0 amide bonds. The van der Waals surface area contributed by atoms with Crippen molar-refractivity contribution < 1.29 is 0 Å². The van der Waals surface area contributed by atoms with Gasteiger partial charge in [-0.25, -0.2) is 4.98 Å². The van der Waals surface area contributed by atoms with Gasteiger partial charge in [0.25, 0.3) is 0 Å². The van der Waals surface area contributed by atoms with E-state index in [0.29, 0.717) is 5.56 Å². The van der Waals surface area contributed by atoms with Crippen molar-refractivity contribution >= 4 is 24.4 Å². The zero-order chi connectivity index (χ0) is 13.5. The van der Waals surface area contributed by atoms with E-state index >= 15 is 0 Å². The summed E-state index contributed by atoms with van der Waals surface area (Å²) in [4.78, 5) is 4.30. The SMILES string of the molecule is Cn1c([Si](C)(C)C)cc2cc(C#N)c(C#N)nc21. The van der Waals surface area contributed by atoms with Crippen molar-refractivity contribution in [3.05, 3.63) is 23.4 Å². The average Bonchev–Trinajstić information content (AvgIpc) is 2.64. The Kier molecular flexibility index (Phi) is 2.72. The minimum atomic E-state index is -1.46. The lowest BCUT2D eigenvalue weighted by molar-refractivity contribution is 0.970. The summed E-state index contributed by atoms with van der Waals surface area (Å²) in [5.74, 6) is 0. The van der Waals surface area contributed by atoms with E-state index < -0.39 is 8.07 Å². The molecule has 0 N–H and O–H groups in total. The molecule has 0 saturated carbocycles. The van der Waals surface area contributed by atoms with E-state index in [2.05, 4.69) is 30.7 Å². The lowest BCUT2D eigenvalue weighted by Crippen LogP contribution is -2.41. The van der Waals surface area contributed by atoms with E-state index in [4.69, 9.17) is 10.5 Å². The first-order valence-corrected chi connectivity index (χ1v) is 9.19. The highest BCUT2D eigenvalue weighted by Crippen LogP contribution is 2.18. The molecule has 0 radical (unpaired) electrons. The molecule has 0 saturated heterocycles. The Labute approximate surface area is 107 Å². The number of fused-ring (bicyclic) bond motifs is 1. The van der Waals surface area contributed by atoms with Crippen molar-refractivity contribution in [3.8, 4) is 12.1 Å². The van der Waals surface area contributed by atoms with Gasteiger partial charge in [0.15, 0.2) is 5.69 Å². The second kappa shape index (κ2) is 3.97. The van der Waals surface area contributed by atoms with Crippen LogP contribution in [0.2, 0.25) is 19.6 Å². The maximum absolute atomic E-state index is 9.01. The van der Waals surface area contributed by atoms with Gasteiger partial charge in [-0.15, -0.1) is 0 Å². The highest BCUT2D eigenvalue weighted by molar-refractivity contribution is 6.88. The van der Waals surface area contributed by atoms with Crippen LogP contribution in [0.15, 0.2) is 12.1 Å². The molecule has 2 aromatic rings. The largest absolute Gasteiger partial charge is 0.337 e. The van der Waals surface area contributed by atoms with Gasteiger partial charge in [0.1, 0.15) is 17.8 Å². The Hall–Kier alpha value is -2.11. The fourth-order valence-corrected chi connectivity index (χ4v) is 3.84. The third kappa shape index (κ3) is 1.79. The molecule has 0 aliphatic heterocycles. The third-order valence-corrected chi connectivity index (χ3v) is 5.01. The summed E-state index contributed by atoms with van der Waals surface area (Å²) >= 11 is 0. The maximum atomic E-state index is 9.01. The molecular formula is C13H14N4Si. The molecule has 0 unspecified atom stereocenters. The Morgan fingerprint density at radius 1 is 1.17 bits per heavy atom. The molecule has 0 aromatic carbocycles. The first kappa shape index (κ1) is 12.3. The average molecular weight is 254 g/mol. The minimum Gasteiger partial charge on any atom is -0.337 e. The van der Waals surface area contributed by atoms with Gasteiger partial charge in [-0.2, -0.15) is 10.5 Å². The summed E-state index contributed by atoms with van der Waals surface area (Å²) in [6.45, 7) is 6.78. The van der Waals surface area contributed by atoms with Gasteiger partial charge >= 0.3 is 0 Å². The van der Waals surface area contributed by atoms with E-state index in [9.17, 15) is 0 Å². The van der Waals surface area contributed by atoms with Crippen molar-refractivity contribution in [1.29, 1.82) is 10.5 Å². The van der Waals surface area contributed by atoms with Crippen LogP contribution in [0.3, 0.4) is 0 Å². The molecule has 90 valence electrons. The molecule has 0 atom stereocenters. The van der Waals surface area contributed by atoms with Crippen molar-refractivity contribution in [1.82, 2.24) is 9.55 Å². The van der Waals surface area contributed by atoms with E-state index in [1.165, 1.54) is 5.32 Å². The van der Waals surface area contributed by atoms with Gasteiger partial charge in [-0.3, -0.25) is 0 Å². The van der Waals surface area contributed by atoms with Gasteiger partial charge < -0.3 is 4.57 Å². The number of nitrogens with zero attached hydrogens (tertiary/aromatic N) is 4. The zero-order valence-corrected chi connectivity index (χ0v) is 11.9. The molecular weight excluding hydrogens is 240 g/mol. The number of hydrogen-bond donors (Lipinski definition) is 0. The van der Waals surface area contributed by atoms with Crippen molar-refractivity contribution in [3.63, 3.8) is 0 Å². The monoisotopic (exact) mass is 254 g/mol. The summed E-state index contributed by atoms with van der Waals surface area (Å²) in [5.41, 5.74) is 1.33. The predicted octanol–water partition coefficient (Wildman–Crippen LogP) is 1.86. The van der Waals surface area contributed by atoms with Crippen LogP contribution in [0, 0.1) is 22.7 Å². The Morgan fingerprint density at radius 3 is 2.33 bits per heavy atom. The molecule has 0 aliphatic rings. The van der Waals surface area contributed by atoms with Crippen LogP contribution in [-0.4, -0.2) is 17.6 Å². The zero-order valence-electron chi connectivity index (χ0n) is 10.9. The highest BCUT2D eigenvalue weighted by Gasteiger charge is 2.22. The summed E-state index contributed by atoms with van der Waals surface area (Å²) in [6.07, 6.45) is 0. The van der Waals surface area contributed by atoms with Crippen LogP contribution in [0.5, 0.6) is 0 Å². The number of rotatable bonds is 1. The number of aromatic nitrogens is 2. The highest BCUT2D eigenvalue weighted by atomic mass is 28.3. The summed E-state index contributed by atoms with van der Waals surface area (Å²) in [7, 11) is 0.509. The fraction of sp³-hybridized carbons (Fsp3) is 0.308. The quantitative estimate of drug-likeness (QED) is 0.730. The van der Waals surface area contributed by atoms with Gasteiger partial charge in [0, 0.05) is 17.8 Å². The van der Waals surface area contributed by atoms with Crippen LogP contribution in [0.1, 0.15) is 11.3 Å². The first-order chi connectivity index (χ1) is 8.38. The van der Waals surface area contributed by atoms with Crippen LogP contribution < -0.4 is 5.32 Å². The molecule has 4 nitrogen and oxygen atoms in total. The first-order valence-electron chi connectivity index (χ1n) is 5.69. The maximum Gasteiger partial charge on any atom is 0.160 e. The predicted molar refractivity (Wildman–Crippen MR) is 73.1 cm³/mol. The van der Waals surface area contributed by atoms with Gasteiger partial charge in [0.2, 0.25) is 0 Å². The van der Waals surface area contributed by atoms with Gasteiger partial charge in [0.05, 0.1) is 13.6 Å². The van der Waals surface area contributed by atoms with E-state index in [1.807, 2.05) is 23.8 Å². The lowest BCUT2D eigenvalue weighted by Gasteiger charge is -2.16. The minimum absolute atomic E-state index is 0.202. The van der Waals surface area contributed by atoms with Crippen molar-refractivity contribution in [2.24, 2.45) is 7.05 Å². The molecule has 5 heteroatoms. The van der Waals surface area contributed by atoms with E-state index in [0.717, 1.165) is 11.0 Å². The topological polar surface area (TPSA) is 65.4 Å². The fourth-order valence-electron chi connectivity index (χ4n) is 2.14. The molecule has 0 bridgehead atoms. The number of pyridine rings is 1. The summed E-state index contributed by atoms with van der Waals surface area (Å²) in [5, 5.41) is 20.2. The van der Waals surface area contributed by atoms with Crippen molar-refractivity contribution in [2.75, 3.05) is 0 Å². The van der Waals surface area contributed by atoms with Crippen LogP contribution in [-0.2, 0) is 7.05 Å². The van der Waals surface area contributed by atoms with E-state index in [-0.39, 0.29) is 5.69 Å². The molecule has 2 aromatic heterocycles. The van der Waals surface area contributed by atoms with Crippen molar-refractivity contribution in [2.45, 2.75) is 19.6 Å². The number of nitriles is 2. The summed E-state index contributed by atoms with van der Waals surface area (Å²) < 4.78 is 2.05. The smallest absolute Gasteiger partial charge is 0.160 e.